The second-order valence-corrected chi connectivity index (χ2v) is 4.49. The zero-order chi connectivity index (χ0) is 13.7. The first-order chi connectivity index (χ1) is 8.38. The third-order valence-electron chi connectivity index (χ3n) is 2.23. The number of hydrogen-bond acceptors (Lipinski definition) is 2. The second kappa shape index (κ2) is 6.26. The quantitative estimate of drug-likeness (QED) is 0.787. The lowest BCUT2D eigenvalue weighted by Crippen LogP contribution is -2.37. The fraction of sp³-hybridized carbons (Fsp3) is 0.333. The van der Waals surface area contributed by atoms with E-state index in [1.807, 2.05) is 13.0 Å². The van der Waals surface area contributed by atoms with Crippen molar-refractivity contribution in [2.75, 3.05) is 5.32 Å². The number of urea groups is 1. The number of amides is 2. The lowest BCUT2D eigenvalue weighted by atomic mass is 10.2. The molecule has 2 amide bonds. The Hall–Kier alpha value is -1.75. The van der Waals surface area contributed by atoms with Crippen LogP contribution in [0, 0.1) is 6.92 Å². The molecule has 1 unspecified atom stereocenters. The Kier molecular flexibility index (Phi) is 4.97. The van der Waals surface area contributed by atoms with Crippen molar-refractivity contribution in [2.45, 2.75) is 26.3 Å². The highest BCUT2D eigenvalue weighted by Crippen LogP contribution is 2.22. The minimum Gasteiger partial charge on any atom is -0.481 e. The van der Waals surface area contributed by atoms with Gasteiger partial charge in [-0.2, -0.15) is 0 Å². The van der Waals surface area contributed by atoms with Crippen LogP contribution in [-0.4, -0.2) is 23.1 Å². The molecule has 0 heterocycles. The molecule has 98 valence electrons. The van der Waals surface area contributed by atoms with Gasteiger partial charge in [0.1, 0.15) is 0 Å². The van der Waals surface area contributed by atoms with Gasteiger partial charge in [0.2, 0.25) is 0 Å². The molecule has 1 rings (SSSR count). The van der Waals surface area contributed by atoms with Gasteiger partial charge in [0.25, 0.3) is 0 Å². The Bertz CT molecular complexity index is 463. The smallest absolute Gasteiger partial charge is 0.319 e. The van der Waals surface area contributed by atoms with E-state index in [0.717, 1.165) is 5.56 Å². The lowest BCUT2D eigenvalue weighted by molar-refractivity contribution is -0.137. The number of carbonyl (C=O) groups excluding carboxylic acids is 1. The molecule has 1 aromatic carbocycles. The van der Waals surface area contributed by atoms with Crippen molar-refractivity contribution in [2.24, 2.45) is 0 Å². The number of nitrogens with one attached hydrogen (secondary N) is 2. The van der Waals surface area contributed by atoms with Gasteiger partial charge in [0.15, 0.2) is 0 Å². The Labute approximate surface area is 110 Å². The number of benzene rings is 1. The molecule has 5 nitrogen and oxygen atoms in total. The highest BCUT2D eigenvalue weighted by Gasteiger charge is 2.11. The summed E-state index contributed by atoms with van der Waals surface area (Å²) < 4.78 is 0. The summed E-state index contributed by atoms with van der Waals surface area (Å²) in [6.07, 6.45) is -0.130. The molecule has 0 aliphatic heterocycles. The largest absolute Gasteiger partial charge is 0.481 e. The minimum atomic E-state index is -0.962. The summed E-state index contributed by atoms with van der Waals surface area (Å²) in [6.45, 7) is 3.50. The molecule has 1 atom stereocenters. The van der Waals surface area contributed by atoms with Crippen LogP contribution in [0.5, 0.6) is 0 Å². The maximum atomic E-state index is 11.6. The predicted octanol–water partition coefficient (Wildman–Crippen LogP) is 2.63. The number of rotatable bonds is 4. The van der Waals surface area contributed by atoms with E-state index in [-0.39, 0.29) is 6.42 Å². The van der Waals surface area contributed by atoms with Crippen LogP contribution in [0.4, 0.5) is 10.5 Å². The highest BCUT2D eigenvalue weighted by molar-refractivity contribution is 6.33. The number of halogens is 1. The van der Waals surface area contributed by atoms with Gasteiger partial charge in [-0.15, -0.1) is 0 Å². The van der Waals surface area contributed by atoms with Crippen LogP contribution in [0.25, 0.3) is 0 Å². The van der Waals surface area contributed by atoms with Gasteiger partial charge in [-0.05, 0) is 31.5 Å². The van der Waals surface area contributed by atoms with E-state index in [0.29, 0.717) is 10.7 Å². The fourth-order valence-corrected chi connectivity index (χ4v) is 1.59. The van der Waals surface area contributed by atoms with Gasteiger partial charge in [0, 0.05) is 6.04 Å². The second-order valence-electron chi connectivity index (χ2n) is 4.08. The Balaban J connectivity index is 2.59. The molecular weight excluding hydrogens is 256 g/mol. The van der Waals surface area contributed by atoms with Gasteiger partial charge < -0.3 is 15.7 Å². The Morgan fingerprint density at radius 1 is 1.44 bits per heavy atom. The van der Waals surface area contributed by atoms with Crippen LogP contribution in [0.15, 0.2) is 18.2 Å². The molecule has 0 radical (unpaired) electrons. The number of aryl methyl sites for hydroxylation is 1. The zero-order valence-corrected chi connectivity index (χ0v) is 10.9. The van der Waals surface area contributed by atoms with Crippen LogP contribution in [0.2, 0.25) is 5.02 Å². The summed E-state index contributed by atoms with van der Waals surface area (Å²) in [5.41, 5.74) is 1.46. The van der Waals surface area contributed by atoms with Crippen molar-refractivity contribution < 1.29 is 14.7 Å². The third-order valence-corrected chi connectivity index (χ3v) is 2.56. The SMILES string of the molecule is Cc1ccc(Cl)c(NC(=O)NC(C)CC(=O)O)c1. The Morgan fingerprint density at radius 2 is 2.11 bits per heavy atom. The molecule has 18 heavy (non-hydrogen) atoms. The van der Waals surface area contributed by atoms with Crippen LogP contribution >= 0.6 is 11.6 Å². The standard InChI is InChI=1S/C12H15ClN2O3/c1-7-3-4-9(13)10(5-7)15-12(18)14-8(2)6-11(16)17/h3-5,8H,6H2,1-2H3,(H,16,17)(H2,14,15,18). The molecule has 0 aromatic heterocycles. The van der Waals surface area contributed by atoms with E-state index in [1.165, 1.54) is 0 Å². The molecular formula is C12H15ClN2O3. The molecule has 1 aromatic rings. The lowest BCUT2D eigenvalue weighted by Gasteiger charge is -2.13. The summed E-state index contributed by atoms with van der Waals surface area (Å²) >= 11 is 5.92. The van der Waals surface area contributed by atoms with Gasteiger partial charge in [-0.3, -0.25) is 4.79 Å². The van der Waals surface area contributed by atoms with E-state index in [2.05, 4.69) is 10.6 Å². The van der Waals surface area contributed by atoms with E-state index in [1.54, 1.807) is 19.1 Å². The van der Waals surface area contributed by atoms with Gasteiger partial charge in [-0.1, -0.05) is 17.7 Å². The molecule has 0 aliphatic rings. The highest BCUT2D eigenvalue weighted by atomic mass is 35.5. The molecule has 0 aliphatic carbocycles. The number of carboxylic acid groups (broad SMARTS) is 1. The molecule has 0 bridgehead atoms. The number of carbonyl (C=O) groups is 2. The van der Waals surface area contributed by atoms with E-state index < -0.39 is 18.0 Å². The normalized spacial score (nSPS) is 11.7. The van der Waals surface area contributed by atoms with Gasteiger partial charge >= 0.3 is 12.0 Å². The topological polar surface area (TPSA) is 78.4 Å². The summed E-state index contributed by atoms with van der Waals surface area (Å²) in [4.78, 5) is 22.0. The van der Waals surface area contributed by atoms with E-state index in [9.17, 15) is 9.59 Å². The summed E-state index contributed by atoms with van der Waals surface area (Å²) in [7, 11) is 0. The van der Waals surface area contributed by atoms with Crippen LogP contribution in [0.1, 0.15) is 18.9 Å². The van der Waals surface area contributed by atoms with Gasteiger partial charge in [-0.25, -0.2) is 4.79 Å². The average molecular weight is 271 g/mol. The Morgan fingerprint density at radius 3 is 2.72 bits per heavy atom. The zero-order valence-electron chi connectivity index (χ0n) is 10.2. The molecule has 0 saturated heterocycles. The van der Waals surface area contributed by atoms with Crippen molar-refractivity contribution >= 4 is 29.3 Å². The average Bonchev–Trinajstić information content (AvgIpc) is 2.21. The van der Waals surface area contributed by atoms with Gasteiger partial charge in [0.05, 0.1) is 17.1 Å². The van der Waals surface area contributed by atoms with Crippen molar-refractivity contribution in [3.63, 3.8) is 0 Å². The molecule has 6 heteroatoms. The summed E-state index contributed by atoms with van der Waals surface area (Å²) in [5.74, 6) is -0.962. The van der Waals surface area contributed by atoms with Crippen molar-refractivity contribution in [3.05, 3.63) is 28.8 Å². The number of anilines is 1. The number of aliphatic carboxylic acids is 1. The first-order valence-corrected chi connectivity index (χ1v) is 5.81. The number of carboxylic acids is 1. The van der Waals surface area contributed by atoms with Crippen molar-refractivity contribution in [3.8, 4) is 0 Å². The van der Waals surface area contributed by atoms with Crippen LogP contribution in [-0.2, 0) is 4.79 Å². The summed E-state index contributed by atoms with van der Waals surface area (Å²) in [5, 5.41) is 14.1. The first-order valence-electron chi connectivity index (χ1n) is 5.44. The third kappa shape index (κ3) is 4.63. The van der Waals surface area contributed by atoms with E-state index >= 15 is 0 Å². The monoisotopic (exact) mass is 270 g/mol. The van der Waals surface area contributed by atoms with Crippen LogP contribution in [0.3, 0.4) is 0 Å². The van der Waals surface area contributed by atoms with E-state index in [4.69, 9.17) is 16.7 Å². The summed E-state index contributed by atoms with van der Waals surface area (Å²) in [6, 6.07) is 4.33. The molecule has 0 spiro atoms. The molecule has 3 N–H and O–H groups in total. The molecule has 0 saturated carbocycles. The number of hydrogen-bond donors (Lipinski definition) is 3. The maximum Gasteiger partial charge on any atom is 0.319 e. The molecule has 0 fully saturated rings. The predicted molar refractivity (Wildman–Crippen MR) is 70.1 cm³/mol. The van der Waals surface area contributed by atoms with Crippen LogP contribution < -0.4 is 10.6 Å². The fourth-order valence-electron chi connectivity index (χ4n) is 1.43. The van der Waals surface area contributed by atoms with Crippen molar-refractivity contribution in [1.29, 1.82) is 0 Å². The van der Waals surface area contributed by atoms with Crippen molar-refractivity contribution in [1.82, 2.24) is 5.32 Å². The minimum absolute atomic E-state index is 0.130. The first kappa shape index (κ1) is 14.3. The maximum absolute atomic E-state index is 11.6.